The number of rotatable bonds is 3. The van der Waals surface area contributed by atoms with Crippen LogP contribution in [0.2, 0.25) is 0 Å². The van der Waals surface area contributed by atoms with Crippen molar-refractivity contribution in [1.82, 2.24) is 14.8 Å². The average Bonchev–Trinajstić information content (AvgIpc) is 3.13. The SMILES string of the molecule is Cn1cc(N2CCCC(Nc3nc4ccccc4s3)C2)cn1. The largest absolute Gasteiger partial charge is 0.367 e. The smallest absolute Gasteiger partial charge is 0.184 e. The van der Waals surface area contributed by atoms with Crippen molar-refractivity contribution in [2.24, 2.45) is 7.05 Å². The van der Waals surface area contributed by atoms with E-state index in [4.69, 9.17) is 0 Å². The van der Waals surface area contributed by atoms with Crippen molar-refractivity contribution < 1.29 is 0 Å². The van der Waals surface area contributed by atoms with Crippen molar-refractivity contribution in [1.29, 1.82) is 0 Å². The Hall–Kier alpha value is -2.08. The first-order valence-corrected chi connectivity index (χ1v) is 8.45. The minimum Gasteiger partial charge on any atom is -0.367 e. The number of fused-ring (bicyclic) bond motifs is 1. The number of piperidine rings is 1. The Morgan fingerprint density at radius 3 is 3.05 bits per heavy atom. The Kier molecular flexibility index (Phi) is 3.46. The minimum atomic E-state index is 0.439. The van der Waals surface area contributed by atoms with Gasteiger partial charge in [-0.25, -0.2) is 4.98 Å². The van der Waals surface area contributed by atoms with Gasteiger partial charge in [0.25, 0.3) is 0 Å². The van der Waals surface area contributed by atoms with E-state index in [2.05, 4.69) is 44.7 Å². The summed E-state index contributed by atoms with van der Waals surface area (Å²) in [4.78, 5) is 7.09. The van der Waals surface area contributed by atoms with E-state index in [1.165, 1.54) is 23.2 Å². The Balaban J connectivity index is 1.48. The maximum Gasteiger partial charge on any atom is 0.184 e. The second-order valence-electron chi connectivity index (χ2n) is 5.79. The van der Waals surface area contributed by atoms with Gasteiger partial charge in [0.15, 0.2) is 5.13 Å². The zero-order valence-electron chi connectivity index (χ0n) is 12.6. The summed E-state index contributed by atoms with van der Waals surface area (Å²) in [6.07, 6.45) is 6.41. The zero-order valence-corrected chi connectivity index (χ0v) is 13.4. The van der Waals surface area contributed by atoms with Crippen LogP contribution < -0.4 is 10.2 Å². The molecule has 114 valence electrons. The summed E-state index contributed by atoms with van der Waals surface area (Å²) < 4.78 is 3.10. The zero-order chi connectivity index (χ0) is 14.9. The number of thiazole rings is 1. The summed E-state index contributed by atoms with van der Waals surface area (Å²) in [5.41, 5.74) is 2.29. The highest BCUT2D eigenvalue weighted by atomic mass is 32.1. The number of para-hydroxylation sites is 1. The lowest BCUT2D eigenvalue weighted by molar-refractivity contribution is 0.530. The highest BCUT2D eigenvalue weighted by molar-refractivity contribution is 7.22. The lowest BCUT2D eigenvalue weighted by Gasteiger charge is -2.33. The third kappa shape index (κ3) is 2.66. The number of nitrogens with zero attached hydrogens (tertiary/aromatic N) is 4. The summed E-state index contributed by atoms with van der Waals surface area (Å²) in [6.45, 7) is 2.10. The van der Waals surface area contributed by atoms with Gasteiger partial charge in [-0.05, 0) is 25.0 Å². The molecule has 1 fully saturated rings. The average molecular weight is 313 g/mol. The summed E-state index contributed by atoms with van der Waals surface area (Å²) in [7, 11) is 1.96. The van der Waals surface area contributed by atoms with E-state index in [9.17, 15) is 0 Å². The molecule has 1 atom stereocenters. The molecule has 1 aromatic carbocycles. The number of aromatic nitrogens is 3. The van der Waals surface area contributed by atoms with E-state index in [0.717, 1.165) is 23.7 Å². The molecule has 1 aliphatic rings. The van der Waals surface area contributed by atoms with E-state index in [1.807, 2.05) is 24.0 Å². The molecule has 1 N–H and O–H groups in total. The van der Waals surface area contributed by atoms with Crippen LogP contribution in [0.3, 0.4) is 0 Å². The van der Waals surface area contributed by atoms with E-state index >= 15 is 0 Å². The lowest BCUT2D eigenvalue weighted by Crippen LogP contribution is -2.42. The minimum absolute atomic E-state index is 0.439. The van der Waals surface area contributed by atoms with Gasteiger partial charge in [0.1, 0.15) is 0 Å². The normalized spacial score (nSPS) is 18.8. The molecule has 0 radical (unpaired) electrons. The van der Waals surface area contributed by atoms with Crippen LogP contribution in [0.1, 0.15) is 12.8 Å². The second kappa shape index (κ2) is 5.61. The number of aryl methyl sites for hydroxylation is 1. The first-order chi connectivity index (χ1) is 10.8. The molecule has 0 spiro atoms. The number of hydrogen-bond acceptors (Lipinski definition) is 5. The molecule has 1 unspecified atom stereocenters. The van der Waals surface area contributed by atoms with Gasteiger partial charge in [-0.2, -0.15) is 5.10 Å². The van der Waals surface area contributed by atoms with Crippen molar-refractivity contribution in [2.75, 3.05) is 23.3 Å². The molecule has 3 aromatic rings. The van der Waals surface area contributed by atoms with Gasteiger partial charge < -0.3 is 10.2 Å². The predicted octanol–water partition coefficient (Wildman–Crippen LogP) is 3.11. The fraction of sp³-hybridized carbons (Fsp3) is 0.375. The second-order valence-corrected chi connectivity index (χ2v) is 6.82. The van der Waals surface area contributed by atoms with Crippen LogP contribution in [0, 0.1) is 0 Å². The van der Waals surface area contributed by atoms with Crippen molar-refractivity contribution in [3.63, 3.8) is 0 Å². The van der Waals surface area contributed by atoms with Gasteiger partial charge in [-0.1, -0.05) is 23.5 Å². The summed E-state index contributed by atoms with van der Waals surface area (Å²) in [5, 5.41) is 8.92. The van der Waals surface area contributed by atoms with Crippen LogP contribution in [0.4, 0.5) is 10.8 Å². The molecular formula is C16H19N5S. The molecule has 0 saturated carbocycles. The van der Waals surface area contributed by atoms with Gasteiger partial charge in [-0.3, -0.25) is 4.68 Å². The summed E-state index contributed by atoms with van der Waals surface area (Å²) in [6, 6.07) is 8.74. The van der Waals surface area contributed by atoms with Crippen LogP contribution in [0.15, 0.2) is 36.7 Å². The molecule has 5 nitrogen and oxygen atoms in total. The maximum absolute atomic E-state index is 4.68. The molecule has 1 saturated heterocycles. The number of benzene rings is 1. The topological polar surface area (TPSA) is 46.0 Å². The van der Waals surface area contributed by atoms with Crippen molar-refractivity contribution in [2.45, 2.75) is 18.9 Å². The van der Waals surface area contributed by atoms with Crippen LogP contribution >= 0.6 is 11.3 Å². The summed E-state index contributed by atoms with van der Waals surface area (Å²) >= 11 is 1.73. The van der Waals surface area contributed by atoms with Gasteiger partial charge in [0.2, 0.25) is 0 Å². The molecule has 22 heavy (non-hydrogen) atoms. The Morgan fingerprint density at radius 1 is 1.32 bits per heavy atom. The predicted molar refractivity (Wildman–Crippen MR) is 91.7 cm³/mol. The van der Waals surface area contributed by atoms with E-state index < -0.39 is 0 Å². The standard InChI is InChI=1S/C16H19N5S/c1-20-11-13(9-17-20)21-8-4-5-12(10-21)18-16-19-14-6-2-3-7-15(14)22-16/h2-3,6-7,9,11-12H,4-5,8,10H2,1H3,(H,18,19). The fourth-order valence-corrected chi connectivity index (χ4v) is 3.95. The first kappa shape index (κ1) is 13.6. The van der Waals surface area contributed by atoms with Crippen LogP contribution in [-0.2, 0) is 7.05 Å². The van der Waals surface area contributed by atoms with Crippen molar-refractivity contribution in [3.8, 4) is 0 Å². The fourth-order valence-electron chi connectivity index (χ4n) is 3.01. The van der Waals surface area contributed by atoms with Gasteiger partial charge in [-0.15, -0.1) is 0 Å². The lowest BCUT2D eigenvalue weighted by atomic mass is 10.1. The molecule has 4 rings (SSSR count). The van der Waals surface area contributed by atoms with Gasteiger partial charge >= 0.3 is 0 Å². The van der Waals surface area contributed by atoms with Crippen molar-refractivity contribution in [3.05, 3.63) is 36.7 Å². The van der Waals surface area contributed by atoms with E-state index in [-0.39, 0.29) is 0 Å². The van der Waals surface area contributed by atoms with E-state index in [0.29, 0.717) is 6.04 Å². The monoisotopic (exact) mass is 313 g/mol. The number of hydrogen-bond donors (Lipinski definition) is 1. The van der Waals surface area contributed by atoms with Crippen LogP contribution in [0.25, 0.3) is 10.2 Å². The van der Waals surface area contributed by atoms with Crippen LogP contribution in [-0.4, -0.2) is 33.9 Å². The van der Waals surface area contributed by atoms with Gasteiger partial charge in [0.05, 0.1) is 22.1 Å². The molecular weight excluding hydrogens is 294 g/mol. The number of nitrogens with one attached hydrogen (secondary N) is 1. The van der Waals surface area contributed by atoms with E-state index in [1.54, 1.807) is 11.3 Å². The molecule has 0 aliphatic carbocycles. The first-order valence-electron chi connectivity index (χ1n) is 7.64. The highest BCUT2D eigenvalue weighted by Crippen LogP contribution is 2.28. The maximum atomic E-state index is 4.68. The third-order valence-corrected chi connectivity index (χ3v) is 5.07. The Bertz CT molecular complexity index is 745. The Morgan fingerprint density at radius 2 is 2.23 bits per heavy atom. The Labute approximate surface area is 133 Å². The third-order valence-electron chi connectivity index (χ3n) is 4.10. The van der Waals surface area contributed by atoms with Gasteiger partial charge in [0, 0.05) is 32.4 Å². The van der Waals surface area contributed by atoms with Crippen LogP contribution in [0.5, 0.6) is 0 Å². The molecule has 6 heteroatoms. The molecule has 0 bridgehead atoms. The molecule has 1 aliphatic heterocycles. The number of anilines is 2. The summed E-state index contributed by atoms with van der Waals surface area (Å²) in [5.74, 6) is 0. The molecule has 2 aromatic heterocycles. The molecule has 3 heterocycles. The highest BCUT2D eigenvalue weighted by Gasteiger charge is 2.21. The van der Waals surface area contributed by atoms with Crippen molar-refractivity contribution >= 4 is 32.4 Å². The quantitative estimate of drug-likeness (QED) is 0.807. The molecule has 0 amide bonds.